The second-order valence-electron chi connectivity index (χ2n) is 3.95. The number of ether oxygens (including phenoxy) is 1. The zero-order chi connectivity index (χ0) is 13.8. The second kappa shape index (κ2) is 5.97. The van der Waals surface area contributed by atoms with E-state index in [2.05, 4.69) is 15.9 Å². The van der Waals surface area contributed by atoms with E-state index in [0.29, 0.717) is 28.0 Å². The average molecular weight is 323 g/mol. The van der Waals surface area contributed by atoms with Crippen LogP contribution in [0.4, 0.5) is 4.39 Å². The Morgan fingerprint density at radius 3 is 2.68 bits per heavy atom. The lowest BCUT2D eigenvalue weighted by atomic mass is 10.0. The van der Waals surface area contributed by atoms with Gasteiger partial charge in [-0.2, -0.15) is 0 Å². The number of hydrogen-bond acceptors (Lipinski definition) is 2. The van der Waals surface area contributed by atoms with Crippen molar-refractivity contribution in [3.63, 3.8) is 0 Å². The standard InChI is InChI=1S/C15H12BrFO2/c1-2-19-14-5-3-4-10(8-14)15(18)11-6-12(16)9-13(17)7-11/h3-9H,2H2,1H3. The molecule has 2 nitrogen and oxygen atoms in total. The number of carbonyl (C=O) groups is 1. The lowest BCUT2D eigenvalue weighted by molar-refractivity contribution is 0.103. The van der Waals surface area contributed by atoms with Gasteiger partial charge in [-0.05, 0) is 37.3 Å². The molecule has 0 spiro atoms. The first-order chi connectivity index (χ1) is 9.10. The van der Waals surface area contributed by atoms with Crippen molar-refractivity contribution in [2.24, 2.45) is 0 Å². The molecule has 0 aliphatic heterocycles. The molecule has 0 amide bonds. The van der Waals surface area contributed by atoms with Gasteiger partial charge in [-0.1, -0.05) is 28.1 Å². The molecule has 0 bridgehead atoms. The minimum absolute atomic E-state index is 0.234. The van der Waals surface area contributed by atoms with E-state index in [1.807, 2.05) is 6.92 Å². The largest absolute Gasteiger partial charge is 0.494 e. The maximum absolute atomic E-state index is 13.3. The first-order valence-electron chi connectivity index (χ1n) is 5.84. The van der Waals surface area contributed by atoms with E-state index in [4.69, 9.17) is 4.74 Å². The molecule has 2 rings (SSSR count). The number of carbonyl (C=O) groups excluding carboxylic acids is 1. The molecule has 98 valence electrons. The predicted octanol–water partition coefficient (Wildman–Crippen LogP) is 4.22. The summed E-state index contributed by atoms with van der Waals surface area (Å²) in [5.74, 6) is -0.0516. The van der Waals surface area contributed by atoms with Crippen LogP contribution in [0.5, 0.6) is 5.75 Å². The summed E-state index contributed by atoms with van der Waals surface area (Å²) in [6, 6.07) is 11.0. The van der Waals surface area contributed by atoms with Crippen molar-refractivity contribution in [2.45, 2.75) is 6.92 Å². The third kappa shape index (κ3) is 3.41. The monoisotopic (exact) mass is 322 g/mol. The Morgan fingerprint density at radius 2 is 2.00 bits per heavy atom. The summed E-state index contributed by atoms with van der Waals surface area (Å²) in [5, 5.41) is 0. The van der Waals surface area contributed by atoms with Crippen LogP contribution in [0.25, 0.3) is 0 Å². The maximum Gasteiger partial charge on any atom is 0.193 e. The van der Waals surface area contributed by atoms with Gasteiger partial charge < -0.3 is 4.74 Å². The molecule has 0 saturated heterocycles. The maximum atomic E-state index is 13.3. The number of ketones is 1. The molecule has 19 heavy (non-hydrogen) atoms. The van der Waals surface area contributed by atoms with Gasteiger partial charge in [0.25, 0.3) is 0 Å². The first-order valence-corrected chi connectivity index (χ1v) is 6.63. The van der Waals surface area contributed by atoms with Gasteiger partial charge in [0.2, 0.25) is 0 Å². The molecule has 0 aromatic heterocycles. The predicted molar refractivity (Wildman–Crippen MR) is 75.1 cm³/mol. The Hall–Kier alpha value is -1.68. The molecule has 0 atom stereocenters. The Balaban J connectivity index is 2.35. The van der Waals surface area contributed by atoms with Crippen LogP contribution in [0, 0.1) is 5.82 Å². The molecule has 0 N–H and O–H groups in total. The van der Waals surface area contributed by atoms with E-state index < -0.39 is 5.82 Å². The quantitative estimate of drug-likeness (QED) is 0.788. The normalized spacial score (nSPS) is 10.3. The Bertz CT molecular complexity index is 591. The van der Waals surface area contributed by atoms with E-state index in [0.717, 1.165) is 0 Å². The fourth-order valence-electron chi connectivity index (χ4n) is 1.75. The van der Waals surface area contributed by atoms with Crippen molar-refractivity contribution in [2.75, 3.05) is 6.61 Å². The number of hydrogen-bond donors (Lipinski definition) is 0. The van der Waals surface area contributed by atoms with E-state index in [-0.39, 0.29) is 5.78 Å². The smallest absolute Gasteiger partial charge is 0.193 e. The molecule has 0 aliphatic rings. The molecule has 0 fully saturated rings. The summed E-state index contributed by atoms with van der Waals surface area (Å²) in [6.07, 6.45) is 0. The molecular formula is C15H12BrFO2. The topological polar surface area (TPSA) is 26.3 Å². The third-order valence-corrected chi connectivity index (χ3v) is 2.99. The summed E-state index contributed by atoms with van der Waals surface area (Å²) in [6.45, 7) is 2.40. The van der Waals surface area contributed by atoms with Crippen LogP contribution in [0.15, 0.2) is 46.9 Å². The van der Waals surface area contributed by atoms with Crippen LogP contribution < -0.4 is 4.74 Å². The summed E-state index contributed by atoms with van der Waals surface area (Å²) in [4.78, 5) is 12.3. The summed E-state index contributed by atoms with van der Waals surface area (Å²) in [5.41, 5.74) is 0.781. The van der Waals surface area contributed by atoms with E-state index >= 15 is 0 Å². The molecule has 0 heterocycles. The van der Waals surface area contributed by atoms with Crippen LogP contribution >= 0.6 is 15.9 Å². The zero-order valence-corrected chi connectivity index (χ0v) is 11.9. The van der Waals surface area contributed by atoms with Crippen molar-refractivity contribution < 1.29 is 13.9 Å². The summed E-state index contributed by atoms with van der Waals surface area (Å²) < 4.78 is 19.2. The second-order valence-corrected chi connectivity index (χ2v) is 4.86. The van der Waals surface area contributed by atoms with Crippen LogP contribution in [0.3, 0.4) is 0 Å². The van der Waals surface area contributed by atoms with Crippen LogP contribution in [-0.4, -0.2) is 12.4 Å². The SMILES string of the molecule is CCOc1cccc(C(=O)c2cc(F)cc(Br)c2)c1. The highest BCUT2D eigenvalue weighted by Crippen LogP contribution is 2.20. The molecule has 0 unspecified atom stereocenters. The minimum Gasteiger partial charge on any atom is -0.494 e. The highest BCUT2D eigenvalue weighted by molar-refractivity contribution is 9.10. The number of benzene rings is 2. The average Bonchev–Trinajstić information content (AvgIpc) is 2.37. The fourth-order valence-corrected chi connectivity index (χ4v) is 2.21. The molecule has 4 heteroatoms. The van der Waals surface area contributed by atoms with Gasteiger partial charge in [0.15, 0.2) is 5.78 Å². The van der Waals surface area contributed by atoms with Gasteiger partial charge >= 0.3 is 0 Å². The molecule has 0 aliphatic carbocycles. The Kier molecular flexibility index (Phi) is 4.32. The van der Waals surface area contributed by atoms with Crippen molar-refractivity contribution in [3.8, 4) is 5.75 Å². The van der Waals surface area contributed by atoms with E-state index in [9.17, 15) is 9.18 Å². The highest BCUT2D eigenvalue weighted by atomic mass is 79.9. The Morgan fingerprint density at radius 1 is 1.21 bits per heavy atom. The number of rotatable bonds is 4. The lowest BCUT2D eigenvalue weighted by Crippen LogP contribution is -2.02. The van der Waals surface area contributed by atoms with Crippen LogP contribution in [0.1, 0.15) is 22.8 Å². The number of halogens is 2. The molecule has 2 aromatic rings. The van der Waals surface area contributed by atoms with Gasteiger partial charge in [-0.15, -0.1) is 0 Å². The third-order valence-electron chi connectivity index (χ3n) is 2.53. The van der Waals surface area contributed by atoms with Gasteiger partial charge in [0, 0.05) is 15.6 Å². The first kappa shape index (κ1) is 13.7. The molecule has 0 radical (unpaired) electrons. The van der Waals surface area contributed by atoms with Crippen molar-refractivity contribution in [3.05, 3.63) is 63.9 Å². The Labute approximate surface area is 119 Å². The van der Waals surface area contributed by atoms with Crippen LogP contribution in [0.2, 0.25) is 0 Å². The van der Waals surface area contributed by atoms with Crippen molar-refractivity contribution in [1.29, 1.82) is 0 Å². The minimum atomic E-state index is -0.446. The molecule has 2 aromatic carbocycles. The van der Waals surface area contributed by atoms with Crippen molar-refractivity contribution in [1.82, 2.24) is 0 Å². The lowest BCUT2D eigenvalue weighted by Gasteiger charge is -2.06. The molecule has 0 saturated carbocycles. The van der Waals surface area contributed by atoms with Crippen LogP contribution in [-0.2, 0) is 0 Å². The van der Waals surface area contributed by atoms with Gasteiger partial charge in [-0.25, -0.2) is 4.39 Å². The van der Waals surface area contributed by atoms with Gasteiger partial charge in [-0.3, -0.25) is 4.79 Å². The van der Waals surface area contributed by atoms with Gasteiger partial charge in [0.05, 0.1) is 6.61 Å². The zero-order valence-electron chi connectivity index (χ0n) is 10.3. The summed E-state index contributed by atoms with van der Waals surface area (Å²) in [7, 11) is 0. The fraction of sp³-hybridized carbons (Fsp3) is 0.133. The van der Waals surface area contributed by atoms with Gasteiger partial charge in [0.1, 0.15) is 11.6 Å². The highest BCUT2D eigenvalue weighted by Gasteiger charge is 2.11. The van der Waals surface area contributed by atoms with E-state index in [1.165, 1.54) is 12.1 Å². The van der Waals surface area contributed by atoms with E-state index in [1.54, 1.807) is 30.3 Å². The summed E-state index contributed by atoms with van der Waals surface area (Å²) >= 11 is 3.18. The van der Waals surface area contributed by atoms with Crippen molar-refractivity contribution >= 4 is 21.7 Å². The molecular weight excluding hydrogens is 311 g/mol.